The molecule has 3 rings (SSSR count). The second-order valence-electron chi connectivity index (χ2n) is 5.14. The van der Waals surface area contributed by atoms with Crippen LogP contribution in [0.2, 0.25) is 0 Å². The Balaban J connectivity index is 1.90. The Morgan fingerprint density at radius 3 is 3.05 bits per heavy atom. The van der Waals surface area contributed by atoms with Crippen molar-refractivity contribution in [2.45, 2.75) is 25.3 Å². The first-order valence-electron chi connectivity index (χ1n) is 7.02. The average molecular weight is 302 g/mol. The minimum Gasteiger partial charge on any atom is -0.382 e. The van der Waals surface area contributed by atoms with Gasteiger partial charge in [-0.05, 0) is 41.9 Å². The number of nitrogen functional groups attached to an aromatic ring is 1. The van der Waals surface area contributed by atoms with Crippen molar-refractivity contribution in [2.75, 3.05) is 18.1 Å². The molecule has 1 aromatic carbocycles. The average Bonchev–Trinajstić information content (AvgIpc) is 2.88. The SMILES string of the molecule is CNC(=O)c1c(N)nsc1NC1CCCc2ccccc21. The number of anilines is 2. The Hall–Kier alpha value is -2.08. The molecule has 1 aliphatic carbocycles. The smallest absolute Gasteiger partial charge is 0.257 e. The molecular weight excluding hydrogens is 284 g/mol. The van der Waals surface area contributed by atoms with E-state index in [0.717, 1.165) is 24.3 Å². The van der Waals surface area contributed by atoms with E-state index in [2.05, 4.69) is 39.3 Å². The summed E-state index contributed by atoms with van der Waals surface area (Å²) in [7, 11) is 1.60. The molecule has 6 heteroatoms. The normalized spacial score (nSPS) is 17.1. The largest absolute Gasteiger partial charge is 0.382 e. The van der Waals surface area contributed by atoms with Crippen LogP contribution in [0.25, 0.3) is 0 Å². The first kappa shape index (κ1) is 13.9. The summed E-state index contributed by atoms with van der Waals surface area (Å²) in [4.78, 5) is 11.9. The molecule has 0 aliphatic heterocycles. The number of aromatic nitrogens is 1. The van der Waals surface area contributed by atoms with Crippen molar-refractivity contribution in [3.8, 4) is 0 Å². The lowest BCUT2D eigenvalue weighted by Crippen LogP contribution is -2.22. The van der Waals surface area contributed by atoms with Gasteiger partial charge in [0.2, 0.25) is 0 Å². The zero-order valence-corrected chi connectivity index (χ0v) is 12.7. The Morgan fingerprint density at radius 2 is 2.24 bits per heavy atom. The van der Waals surface area contributed by atoms with Crippen LogP contribution in [0.5, 0.6) is 0 Å². The molecule has 1 heterocycles. The number of rotatable bonds is 3. The van der Waals surface area contributed by atoms with Crippen LogP contribution in [-0.2, 0) is 6.42 Å². The van der Waals surface area contributed by atoms with Crippen molar-refractivity contribution < 1.29 is 4.79 Å². The second-order valence-corrected chi connectivity index (χ2v) is 5.91. The van der Waals surface area contributed by atoms with E-state index in [0.29, 0.717) is 5.56 Å². The number of carbonyl (C=O) groups excluding carboxylic acids is 1. The molecule has 1 aliphatic rings. The maximum atomic E-state index is 11.9. The molecule has 1 atom stereocenters. The van der Waals surface area contributed by atoms with Crippen molar-refractivity contribution in [1.82, 2.24) is 9.69 Å². The standard InChI is InChI=1S/C15H18N4OS/c1-17-14(20)12-13(16)19-21-15(12)18-11-8-4-6-9-5-2-3-7-10(9)11/h2-3,5,7,11,18H,4,6,8H2,1H3,(H2,16,19)(H,17,20). The fourth-order valence-electron chi connectivity index (χ4n) is 2.81. The van der Waals surface area contributed by atoms with Crippen molar-refractivity contribution in [2.24, 2.45) is 0 Å². The van der Waals surface area contributed by atoms with E-state index in [1.807, 2.05) is 0 Å². The fraction of sp³-hybridized carbons (Fsp3) is 0.333. The third-order valence-corrected chi connectivity index (χ3v) is 4.64. The predicted octanol–water partition coefficient (Wildman–Crippen LogP) is 2.57. The van der Waals surface area contributed by atoms with Gasteiger partial charge in [-0.25, -0.2) is 0 Å². The number of nitrogens with one attached hydrogen (secondary N) is 2. The monoisotopic (exact) mass is 302 g/mol. The first-order valence-corrected chi connectivity index (χ1v) is 7.79. The van der Waals surface area contributed by atoms with Crippen LogP contribution in [0, 0.1) is 0 Å². The molecule has 0 spiro atoms. The lowest BCUT2D eigenvalue weighted by atomic mass is 9.88. The number of benzene rings is 1. The van der Waals surface area contributed by atoms with E-state index in [9.17, 15) is 4.79 Å². The molecule has 0 bridgehead atoms. The Labute approximate surface area is 127 Å². The molecule has 1 amide bonds. The van der Waals surface area contributed by atoms with Gasteiger partial charge >= 0.3 is 0 Å². The highest BCUT2D eigenvalue weighted by Gasteiger charge is 2.24. The lowest BCUT2D eigenvalue weighted by Gasteiger charge is -2.26. The number of hydrogen-bond acceptors (Lipinski definition) is 5. The lowest BCUT2D eigenvalue weighted by molar-refractivity contribution is 0.0965. The van der Waals surface area contributed by atoms with Gasteiger partial charge in [0.25, 0.3) is 5.91 Å². The Morgan fingerprint density at radius 1 is 1.43 bits per heavy atom. The molecule has 2 aromatic rings. The summed E-state index contributed by atoms with van der Waals surface area (Å²) >= 11 is 1.24. The van der Waals surface area contributed by atoms with Crippen LogP contribution in [0.4, 0.5) is 10.8 Å². The number of fused-ring (bicyclic) bond motifs is 1. The van der Waals surface area contributed by atoms with Gasteiger partial charge in [0, 0.05) is 7.05 Å². The van der Waals surface area contributed by atoms with Crippen LogP contribution in [-0.4, -0.2) is 17.3 Å². The van der Waals surface area contributed by atoms with Crippen LogP contribution < -0.4 is 16.4 Å². The van der Waals surface area contributed by atoms with E-state index in [-0.39, 0.29) is 17.8 Å². The zero-order chi connectivity index (χ0) is 14.8. The van der Waals surface area contributed by atoms with Crippen LogP contribution >= 0.6 is 11.5 Å². The summed E-state index contributed by atoms with van der Waals surface area (Å²) < 4.78 is 4.10. The number of amides is 1. The van der Waals surface area contributed by atoms with Crippen molar-refractivity contribution in [3.63, 3.8) is 0 Å². The van der Waals surface area contributed by atoms with Gasteiger partial charge in [-0.2, -0.15) is 4.37 Å². The van der Waals surface area contributed by atoms with Crippen LogP contribution in [0.3, 0.4) is 0 Å². The summed E-state index contributed by atoms with van der Waals surface area (Å²) in [6.07, 6.45) is 3.29. The van der Waals surface area contributed by atoms with Crippen LogP contribution in [0.1, 0.15) is 40.4 Å². The molecule has 5 nitrogen and oxygen atoms in total. The van der Waals surface area contributed by atoms with E-state index in [1.54, 1.807) is 7.05 Å². The summed E-state index contributed by atoms with van der Waals surface area (Å²) in [6.45, 7) is 0. The summed E-state index contributed by atoms with van der Waals surface area (Å²) in [5, 5.41) is 6.81. The molecule has 0 radical (unpaired) electrons. The van der Waals surface area contributed by atoms with Gasteiger partial charge in [-0.1, -0.05) is 24.3 Å². The van der Waals surface area contributed by atoms with E-state index in [4.69, 9.17) is 5.73 Å². The van der Waals surface area contributed by atoms with Gasteiger partial charge in [0.05, 0.1) is 6.04 Å². The maximum Gasteiger partial charge on any atom is 0.257 e. The molecule has 0 fully saturated rings. The minimum absolute atomic E-state index is 0.201. The van der Waals surface area contributed by atoms with Gasteiger partial charge in [0.1, 0.15) is 10.6 Å². The molecule has 21 heavy (non-hydrogen) atoms. The van der Waals surface area contributed by atoms with E-state index >= 15 is 0 Å². The number of nitrogens with two attached hydrogens (primary N) is 1. The first-order chi connectivity index (χ1) is 10.2. The van der Waals surface area contributed by atoms with Gasteiger partial charge in [-0.15, -0.1) is 0 Å². The van der Waals surface area contributed by atoms with Crippen molar-refractivity contribution >= 4 is 28.3 Å². The second kappa shape index (κ2) is 5.73. The summed E-state index contributed by atoms with van der Waals surface area (Å²) in [5.74, 6) is 0.0822. The molecular formula is C15H18N4OS. The minimum atomic E-state index is -0.201. The quantitative estimate of drug-likeness (QED) is 0.814. The highest BCUT2D eigenvalue weighted by molar-refractivity contribution is 7.11. The van der Waals surface area contributed by atoms with Crippen molar-refractivity contribution in [3.05, 3.63) is 41.0 Å². The molecule has 1 unspecified atom stereocenters. The number of nitrogens with zero attached hydrogens (tertiary/aromatic N) is 1. The molecule has 110 valence electrons. The third kappa shape index (κ3) is 2.58. The molecule has 0 saturated carbocycles. The van der Waals surface area contributed by atoms with Gasteiger partial charge < -0.3 is 16.4 Å². The number of aryl methyl sites for hydroxylation is 1. The summed E-state index contributed by atoms with van der Waals surface area (Å²) in [6, 6.07) is 8.65. The number of hydrogen-bond donors (Lipinski definition) is 3. The molecule has 4 N–H and O–H groups in total. The predicted molar refractivity (Wildman–Crippen MR) is 85.7 cm³/mol. The van der Waals surface area contributed by atoms with Crippen LogP contribution in [0.15, 0.2) is 24.3 Å². The highest BCUT2D eigenvalue weighted by Crippen LogP contribution is 2.36. The van der Waals surface area contributed by atoms with E-state index in [1.165, 1.54) is 22.7 Å². The summed E-state index contributed by atoms with van der Waals surface area (Å²) in [5.41, 5.74) is 8.95. The van der Waals surface area contributed by atoms with Crippen molar-refractivity contribution in [1.29, 1.82) is 0 Å². The highest BCUT2D eigenvalue weighted by atomic mass is 32.1. The molecule has 1 aromatic heterocycles. The zero-order valence-electron chi connectivity index (χ0n) is 11.8. The Kier molecular flexibility index (Phi) is 3.79. The molecule has 0 saturated heterocycles. The third-order valence-electron chi connectivity index (χ3n) is 3.85. The maximum absolute atomic E-state index is 11.9. The Bertz CT molecular complexity index is 667. The fourth-order valence-corrected chi connectivity index (χ4v) is 3.57. The topological polar surface area (TPSA) is 80.0 Å². The van der Waals surface area contributed by atoms with Gasteiger partial charge in [0.15, 0.2) is 5.82 Å². The van der Waals surface area contributed by atoms with Gasteiger partial charge in [-0.3, -0.25) is 4.79 Å². The number of carbonyl (C=O) groups is 1. The van der Waals surface area contributed by atoms with E-state index < -0.39 is 0 Å².